The maximum absolute atomic E-state index is 10.2. The minimum atomic E-state index is -0.381. The normalized spacial score (nSPS) is 12.2. The lowest BCUT2D eigenvalue weighted by Crippen LogP contribution is -2.30. The summed E-state index contributed by atoms with van der Waals surface area (Å²) in [6, 6.07) is 22.0. The number of hydrogen-bond acceptors (Lipinski definition) is 5. The summed E-state index contributed by atoms with van der Waals surface area (Å²) in [6.07, 6.45) is 2.16. The third-order valence-corrected chi connectivity index (χ3v) is 5.67. The third kappa shape index (κ3) is 5.97. The number of ether oxygens (including phenoxy) is 3. The molecule has 3 N–H and O–H groups in total. The van der Waals surface area contributed by atoms with Gasteiger partial charge in [0.25, 0.3) is 0 Å². The number of aliphatic hydroxyl groups is 1. The molecule has 1 atom stereocenters. The molecule has 6 heteroatoms. The van der Waals surface area contributed by atoms with E-state index in [0.717, 1.165) is 52.9 Å². The maximum Gasteiger partial charge on any atom is 0.161 e. The summed E-state index contributed by atoms with van der Waals surface area (Å²) in [6.45, 7) is 2.35. The summed E-state index contributed by atoms with van der Waals surface area (Å²) in [5.74, 6) is 2.36. The lowest BCUT2D eigenvalue weighted by molar-refractivity contribution is 0.153. The van der Waals surface area contributed by atoms with Crippen LogP contribution in [0.25, 0.3) is 21.8 Å². The zero-order valence-electron chi connectivity index (χ0n) is 19.0. The number of aromatic nitrogens is 1. The van der Waals surface area contributed by atoms with Crippen molar-refractivity contribution in [3.63, 3.8) is 0 Å². The van der Waals surface area contributed by atoms with E-state index in [9.17, 15) is 5.11 Å². The van der Waals surface area contributed by atoms with Crippen molar-refractivity contribution in [1.82, 2.24) is 10.3 Å². The smallest absolute Gasteiger partial charge is 0.161 e. The Balaban J connectivity index is 1.12. The Hall–Kier alpha value is -3.22. The van der Waals surface area contributed by atoms with E-state index < -0.39 is 0 Å². The van der Waals surface area contributed by atoms with E-state index in [1.807, 2.05) is 48.5 Å². The highest BCUT2D eigenvalue weighted by atomic mass is 16.5. The molecule has 174 valence electrons. The SMILES string of the molecule is COc1ccccc1OCCNCC(O)CCCCOc1cccc2[nH]c3ccccc3c12. The van der Waals surface area contributed by atoms with Crippen molar-refractivity contribution < 1.29 is 19.3 Å². The molecule has 0 radical (unpaired) electrons. The number of fused-ring (bicyclic) bond motifs is 3. The van der Waals surface area contributed by atoms with Gasteiger partial charge < -0.3 is 29.6 Å². The number of unbranched alkanes of at least 4 members (excludes halogenated alkanes) is 1. The highest BCUT2D eigenvalue weighted by molar-refractivity contribution is 6.10. The Bertz CT molecular complexity index is 1160. The van der Waals surface area contributed by atoms with Gasteiger partial charge in [-0.2, -0.15) is 0 Å². The fraction of sp³-hybridized carbons (Fsp3) is 0.333. The summed E-state index contributed by atoms with van der Waals surface area (Å²) < 4.78 is 17.1. The quantitative estimate of drug-likeness (QED) is 0.254. The van der Waals surface area contributed by atoms with Crippen molar-refractivity contribution >= 4 is 21.8 Å². The highest BCUT2D eigenvalue weighted by Gasteiger charge is 2.09. The predicted molar refractivity (Wildman–Crippen MR) is 133 cm³/mol. The fourth-order valence-corrected chi connectivity index (χ4v) is 3.99. The first-order valence-corrected chi connectivity index (χ1v) is 11.5. The van der Waals surface area contributed by atoms with Crippen molar-refractivity contribution in [3.05, 3.63) is 66.7 Å². The molecule has 6 nitrogen and oxygen atoms in total. The molecule has 0 aliphatic rings. The van der Waals surface area contributed by atoms with Gasteiger partial charge in [-0.3, -0.25) is 0 Å². The van der Waals surface area contributed by atoms with Crippen molar-refractivity contribution in [2.45, 2.75) is 25.4 Å². The van der Waals surface area contributed by atoms with Gasteiger partial charge in [0.2, 0.25) is 0 Å². The maximum atomic E-state index is 10.2. The molecule has 33 heavy (non-hydrogen) atoms. The molecule has 0 spiro atoms. The first-order valence-electron chi connectivity index (χ1n) is 11.5. The molecule has 4 aromatic rings. The van der Waals surface area contributed by atoms with Crippen molar-refractivity contribution in [3.8, 4) is 17.2 Å². The summed E-state index contributed by atoms with van der Waals surface area (Å²) in [7, 11) is 1.63. The van der Waals surface area contributed by atoms with Gasteiger partial charge in [-0.05, 0) is 49.6 Å². The number of aliphatic hydroxyl groups excluding tert-OH is 1. The minimum absolute atomic E-state index is 0.381. The van der Waals surface area contributed by atoms with Crippen LogP contribution in [0.2, 0.25) is 0 Å². The minimum Gasteiger partial charge on any atom is -0.493 e. The second kappa shape index (κ2) is 11.6. The first kappa shape index (κ1) is 23.0. The van der Waals surface area contributed by atoms with Gasteiger partial charge in [-0.1, -0.05) is 36.4 Å². The largest absolute Gasteiger partial charge is 0.493 e. The van der Waals surface area contributed by atoms with E-state index in [2.05, 4.69) is 28.5 Å². The third-order valence-electron chi connectivity index (χ3n) is 5.67. The molecule has 0 saturated heterocycles. The van der Waals surface area contributed by atoms with Crippen LogP contribution in [-0.4, -0.2) is 49.6 Å². The fourth-order valence-electron chi connectivity index (χ4n) is 3.99. The molecule has 1 unspecified atom stereocenters. The molecule has 0 bridgehead atoms. The van der Waals surface area contributed by atoms with Crippen LogP contribution in [0, 0.1) is 0 Å². The monoisotopic (exact) mass is 448 g/mol. The Morgan fingerprint density at radius 1 is 0.818 bits per heavy atom. The summed E-state index contributed by atoms with van der Waals surface area (Å²) >= 11 is 0. The lowest BCUT2D eigenvalue weighted by atomic mass is 10.1. The van der Waals surface area contributed by atoms with E-state index in [1.165, 1.54) is 5.39 Å². The van der Waals surface area contributed by atoms with Crippen LogP contribution in [0.5, 0.6) is 17.2 Å². The number of benzene rings is 3. The molecule has 0 aliphatic carbocycles. The van der Waals surface area contributed by atoms with Crippen LogP contribution in [0.15, 0.2) is 66.7 Å². The molecular weight excluding hydrogens is 416 g/mol. The van der Waals surface area contributed by atoms with Crippen molar-refractivity contribution in [2.24, 2.45) is 0 Å². The standard InChI is InChI=1S/C27H32N2O4/c1-31-24-13-4-5-14-25(24)33-18-16-28-19-20(30)9-6-7-17-32-26-15-8-12-23-27(26)21-10-2-3-11-22(21)29-23/h2-5,8,10-15,20,28-30H,6-7,9,16-19H2,1H3. The zero-order valence-corrected chi connectivity index (χ0v) is 19.0. The van der Waals surface area contributed by atoms with Crippen LogP contribution in [-0.2, 0) is 0 Å². The van der Waals surface area contributed by atoms with Gasteiger partial charge in [0, 0.05) is 29.4 Å². The summed E-state index contributed by atoms with van der Waals surface area (Å²) in [5, 5.41) is 15.8. The molecule has 0 fully saturated rings. The van der Waals surface area contributed by atoms with Gasteiger partial charge >= 0.3 is 0 Å². The first-order chi connectivity index (χ1) is 16.3. The number of para-hydroxylation sites is 3. The Labute approximate surface area is 194 Å². The highest BCUT2D eigenvalue weighted by Crippen LogP contribution is 2.33. The number of aromatic amines is 1. The number of nitrogens with one attached hydrogen (secondary N) is 2. The van der Waals surface area contributed by atoms with Crippen LogP contribution < -0.4 is 19.5 Å². The molecule has 0 amide bonds. The number of hydrogen-bond donors (Lipinski definition) is 3. The average molecular weight is 449 g/mol. The van der Waals surface area contributed by atoms with E-state index in [4.69, 9.17) is 14.2 Å². The molecule has 0 aliphatic heterocycles. The van der Waals surface area contributed by atoms with Crippen LogP contribution in [0.1, 0.15) is 19.3 Å². The molecule has 1 aromatic heterocycles. The molecule has 0 saturated carbocycles. The second-order valence-electron chi connectivity index (χ2n) is 8.05. The topological polar surface area (TPSA) is 75.7 Å². The number of H-pyrrole nitrogens is 1. The Morgan fingerprint density at radius 3 is 2.42 bits per heavy atom. The zero-order chi connectivity index (χ0) is 22.9. The van der Waals surface area contributed by atoms with Gasteiger partial charge in [-0.15, -0.1) is 0 Å². The van der Waals surface area contributed by atoms with Gasteiger partial charge in [0.05, 0.1) is 25.3 Å². The lowest BCUT2D eigenvalue weighted by Gasteiger charge is -2.13. The summed E-state index contributed by atoms with van der Waals surface area (Å²) in [4.78, 5) is 3.44. The molecular formula is C27H32N2O4. The Kier molecular flexibility index (Phi) is 8.06. The van der Waals surface area contributed by atoms with Gasteiger partial charge in [-0.25, -0.2) is 0 Å². The van der Waals surface area contributed by atoms with Gasteiger partial charge in [0.1, 0.15) is 12.4 Å². The van der Waals surface area contributed by atoms with E-state index >= 15 is 0 Å². The molecule has 4 rings (SSSR count). The van der Waals surface area contributed by atoms with Crippen LogP contribution >= 0.6 is 0 Å². The van der Waals surface area contributed by atoms with E-state index in [0.29, 0.717) is 26.3 Å². The second-order valence-corrected chi connectivity index (χ2v) is 8.05. The number of rotatable bonds is 13. The number of methoxy groups -OCH3 is 1. The molecule has 1 heterocycles. The molecule has 3 aromatic carbocycles. The van der Waals surface area contributed by atoms with E-state index in [1.54, 1.807) is 7.11 Å². The Morgan fingerprint density at radius 2 is 1.55 bits per heavy atom. The van der Waals surface area contributed by atoms with Crippen LogP contribution in [0.4, 0.5) is 0 Å². The van der Waals surface area contributed by atoms with Crippen molar-refractivity contribution in [2.75, 3.05) is 33.4 Å². The van der Waals surface area contributed by atoms with E-state index in [-0.39, 0.29) is 6.10 Å². The average Bonchev–Trinajstić information content (AvgIpc) is 3.23. The van der Waals surface area contributed by atoms with Crippen LogP contribution in [0.3, 0.4) is 0 Å². The summed E-state index contributed by atoms with van der Waals surface area (Å²) in [5.41, 5.74) is 2.21. The van der Waals surface area contributed by atoms with Crippen molar-refractivity contribution in [1.29, 1.82) is 0 Å². The van der Waals surface area contributed by atoms with Gasteiger partial charge in [0.15, 0.2) is 11.5 Å². The predicted octanol–water partition coefficient (Wildman–Crippen LogP) is 4.91.